The molecular weight excluding hydrogens is 198 g/mol. The van der Waals surface area contributed by atoms with Gasteiger partial charge in [-0.3, -0.25) is 4.90 Å². The van der Waals surface area contributed by atoms with Gasteiger partial charge in [0.25, 0.3) is 0 Å². The molecule has 3 nitrogen and oxygen atoms in total. The summed E-state index contributed by atoms with van der Waals surface area (Å²) in [5, 5.41) is 0. The SMILES string of the molecule is CCC(C)C(CN)N1CCCN(C)CC1C. The molecule has 96 valence electrons. The third-order valence-corrected chi connectivity index (χ3v) is 4.07. The maximum Gasteiger partial charge on any atom is 0.0247 e. The molecule has 1 fully saturated rings. The maximum atomic E-state index is 5.97. The van der Waals surface area contributed by atoms with Crippen molar-refractivity contribution in [2.45, 2.75) is 45.7 Å². The van der Waals surface area contributed by atoms with Gasteiger partial charge in [0.05, 0.1) is 0 Å². The minimum atomic E-state index is 0.562. The van der Waals surface area contributed by atoms with Crippen LogP contribution in [0, 0.1) is 5.92 Å². The Morgan fingerprint density at radius 1 is 1.38 bits per heavy atom. The zero-order chi connectivity index (χ0) is 12.1. The Morgan fingerprint density at radius 3 is 2.62 bits per heavy atom. The first-order valence-electron chi connectivity index (χ1n) is 6.74. The van der Waals surface area contributed by atoms with Crippen molar-refractivity contribution < 1.29 is 0 Å². The van der Waals surface area contributed by atoms with E-state index in [9.17, 15) is 0 Å². The Kier molecular flexibility index (Phi) is 5.73. The molecular formula is C13H29N3. The Hall–Kier alpha value is -0.120. The van der Waals surface area contributed by atoms with Gasteiger partial charge in [0.1, 0.15) is 0 Å². The lowest BCUT2D eigenvalue weighted by molar-refractivity contribution is 0.108. The van der Waals surface area contributed by atoms with Crippen LogP contribution in [-0.4, -0.2) is 55.1 Å². The highest BCUT2D eigenvalue weighted by Gasteiger charge is 2.28. The first kappa shape index (κ1) is 13.9. The van der Waals surface area contributed by atoms with Crippen LogP contribution in [0.2, 0.25) is 0 Å². The molecule has 3 atom stereocenters. The Labute approximate surface area is 101 Å². The monoisotopic (exact) mass is 227 g/mol. The first-order valence-corrected chi connectivity index (χ1v) is 6.74. The smallest absolute Gasteiger partial charge is 0.0247 e. The van der Waals surface area contributed by atoms with E-state index in [0.717, 1.165) is 6.54 Å². The van der Waals surface area contributed by atoms with Gasteiger partial charge in [-0.2, -0.15) is 0 Å². The topological polar surface area (TPSA) is 32.5 Å². The van der Waals surface area contributed by atoms with E-state index in [1.54, 1.807) is 0 Å². The molecule has 0 aromatic carbocycles. The molecule has 1 aliphatic rings. The standard InChI is InChI=1S/C13H29N3/c1-5-11(2)13(9-14)16-8-6-7-15(4)10-12(16)3/h11-13H,5-10,14H2,1-4H3. The summed E-state index contributed by atoms with van der Waals surface area (Å²) in [4.78, 5) is 5.08. The van der Waals surface area contributed by atoms with E-state index in [4.69, 9.17) is 5.73 Å². The van der Waals surface area contributed by atoms with Crippen LogP contribution in [-0.2, 0) is 0 Å². The van der Waals surface area contributed by atoms with Crippen molar-refractivity contribution >= 4 is 0 Å². The lowest BCUT2D eigenvalue weighted by Gasteiger charge is -2.38. The summed E-state index contributed by atoms with van der Waals surface area (Å²) in [6, 6.07) is 1.20. The van der Waals surface area contributed by atoms with Gasteiger partial charge in [-0.05, 0) is 32.9 Å². The molecule has 1 saturated heterocycles. The second kappa shape index (κ2) is 6.58. The van der Waals surface area contributed by atoms with Gasteiger partial charge in [-0.25, -0.2) is 0 Å². The number of rotatable bonds is 4. The Bertz CT molecular complexity index is 196. The van der Waals surface area contributed by atoms with Crippen molar-refractivity contribution in [3.05, 3.63) is 0 Å². The average Bonchev–Trinajstić information content (AvgIpc) is 2.41. The quantitative estimate of drug-likeness (QED) is 0.788. The summed E-state index contributed by atoms with van der Waals surface area (Å²) in [5.41, 5.74) is 5.97. The van der Waals surface area contributed by atoms with Crippen molar-refractivity contribution in [3.63, 3.8) is 0 Å². The predicted molar refractivity (Wildman–Crippen MR) is 70.6 cm³/mol. The molecule has 3 unspecified atom stereocenters. The molecule has 2 N–H and O–H groups in total. The highest BCUT2D eigenvalue weighted by atomic mass is 15.3. The summed E-state index contributed by atoms with van der Waals surface area (Å²) < 4.78 is 0. The Balaban J connectivity index is 2.67. The summed E-state index contributed by atoms with van der Waals surface area (Å²) in [7, 11) is 2.22. The lowest BCUT2D eigenvalue weighted by atomic mass is 9.96. The zero-order valence-corrected chi connectivity index (χ0v) is 11.4. The second-order valence-corrected chi connectivity index (χ2v) is 5.39. The molecule has 1 aliphatic heterocycles. The fourth-order valence-electron chi connectivity index (χ4n) is 2.85. The normalized spacial score (nSPS) is 28.7. The lowest BCUT2D eigenvalue weighted by Crippen LogP contribution is -2.50. The van der Waals surface area contributed by atoms with Gasteiger partial charge in [0.2, 0.25) is 0 Å². The zero-order valence-electron chi connectivity index (χ0n) is 11.4. The first-order chi connectivity index (χ1) is 7.60. The van der Waals surface area contributed by atoms with Gasteiger partial charge >= 0.3 is 0 Å². The van der Waals surface area contributed by atoms with E-state index in [2.05, 4.69) is 37.6 Å². The number of nitrogens with zero attached hydrogens (tertiary/aromatic N) is 2. The molecule has 0 aromatic heterocycles. The van der Waals surface area contributed by atoms with Gasteiger partial charge in [-0.1, -0.05) is 20.3 Å². The van der Waals surface area contributed by atoms with Crippen molar-refractivity contribution in [3.8, 4) is 0 Å². The molecule has 1 heterocycles. The number of hydrogen-bond acceptors (Lipinski definition) is 3. The molecule has 0 radical (unpaired) electrons. The van der Waals surface area contributed by atoms with Crippen molar-refractivity contribution in [2.75, 3.05) is 33.2 Å². The fourth-order valence-corrected chi connectivity index (χ4v) is 2.85. The van der Waals surface area contributed by atoms with E-state index >= 15 is 0 Å². The molecule has 16 heavy (non-hydrogen) atoms. The molecule has 0 amide bonds. The molecule has 0 saturated carbocycles. The number of nitrogens with two attached hydrogens (primary N) is 1. The summed E-state index contributed by atoms with van der Waals surface area (Å²) >= 11 is 0. The number of hydrogen-bond donors (Lipinski definition) is 1. The third-order valence-electron chi connectivity index (χ3n) is 4.07. The molecule has 0 spiro atoms. The Morgan fingerprint density at radius 2 is 2.06 bits per heavy atom. The molecule has 1 rings (SSSR count). The molecule has 0 bridgehead atoms. The van der Waals surface area contributed by atoms with Crippen LogP contribution in [0.5, 0.6) is 0 Å². The van der Waals surface area contributed by atoms with Crippen LogP contribution in [0.25, 0.3) is 0 Å². The van der Waals surface area contributed by atoms with E-state index in [1.165, 1.54) is 32.5 Å². The summed E-state index contributed by atoms with van der Waals surface area (Å²) in [6.07, 6.45) is 2.49. The van der Waals surface area contributed by atoms with Crippen molar-refractivity contribution in [2.24, 2.45) is 11.7 Å². The van der Waals surface area contributed by atoms with E-state index in [1.807, 2.05) is 0 Å². The van der Waals surface area contributed by atoms with Crippen LogP contribution < -0.4 is 5.73 Å². The molecule has 0 aromatic rings. The minimum absolute atomic E-state index is 0.562. The van der Waals surface area contributed by atoms with Gasteiger partial charge < -0.3 is 10.6 Å². The third kappa shape index (κ3) is 3.44. The van der Waals surface area contributed by atoms with Crippen LogP contribution in [0.1, 0.15) is 33.6 Å². The van der Waals surface area contributed by atoms with Crippen LogP contribution in [0.3, 0.4) is 0 Å². The van der Waals surface area contributed by atoms with Crippen LogP contribution in [0.4, 0.5) is 0 Å². The highest BCUT2D eigenvalue weighted by molar-refractivity contribution is 4.84. The summed E-state index contributed by atoms with van der Waals surface area (Å²) in [6.45, 7) is 11.3. The molecule has 0 aliphatic carbocycles. The van der Waals surface area contributed by atoms with Gasteiger partial charge in [-0.15, -0.1) is 0 Å². The van der Waals surface area contributed by atoms with Gasteiger partial charge in [0, 0.05) is 31.7 Å². The minimum Gasteiger partial charge on any atom is -0.329 e. The fraction of sp³-hybridized carbons (Fsp3) is 1.00. The second-order valence-electron chi connectivity index (χ2n) is 5.39. The van der Waals surface area contributed by atoms with Crippen molar-refractivity contribution in [1.82, 2.24) is 9.80 Å². The highest BCUT2D eigenvalue weighted by Crippen LogP contribution is 2.19. The van der Waals surface area contributed by atoms with E-state index in [-0.39, 0.29) is 0 Å². The van der Waals surface area contributed by atoms with Gasteiger partial charge in [0.15, 0.2) is 0 Å². The van der Waals surface area contributed by atoms with E-state index < -0.39 is 0 Å². The summed E-state index contributed by atoms with van der Waals surface area (Å²) in [5.74, 6) is 0.704. The predicted octanol–water partition coefficient (Wildman–Crippen LogP) is 1.39. The van der Waals surface area contributed by atoms with E-state index in [0.29, 0.717) is 18.0 Å². The average molecular weight is 227 g/mol. The van der Waals surface area contributed by atoms with Crippen LogP contribution in [0.15, 0.2) is 0 Å². The number of likely N-dealkylation sites (N-methyl/N-ethyl adjacent to an activating group) is 1. The largest absolute Gasteiger partial charge is 0.329 e. The maximum absolute atomic E-state index is 5.97. The molecule has 3 heteroatoms. The van der Waals surface area contributed by atoms with Crippen molar-refractivity contribution in [1.29, 1.82) is 0 Å². The van der Waals surface area contributed by atoms with Crippen LogP contribution >= 0.6 is 0 Å².